The fourth-order valence-electron chi connectivity index (χ4n) is 2.08. The predicted octanol–water partition coefficient (Wildman–Crippen LogP) is 0.701. The number of aliphatic hydroxyl groups is 1. The lowest BCUT2D eigenvalue weighted by molar-refractivity contribution is -0.155. The van der Waals surface area contributed by atoms with Crippen LogP contribution in [-0.2, 0) is 4.79 Å². The molecule has 0 aliphatic heterocycles. The van der Waals surface area contributed by atoms with Crippen molar-refractivity contribution in [3.63, 3.8) is 0 Å². The largest absolute Gasteiger partial charge is 0.479 e. The van der Waals surface area contributed by atoms with Gasteiger partial charge in [-0.05, 0) is 19.3 Å². The molecule has 0 aromatic rings. The van der Waals surface area contributed by atoms with E-state index in [4.69, 9.17) is 5.11 Å². The highest BCUT2D eigenvalue weighted by molar-refractivity contribution is 5.79. The summed E-state index contributed by atoms with van der Waals surface area (Å²) in [4.78, 5) is 22.0. The Kier molecular flexibility index (Phi) is 5.40. The van der Waals surface area contributed by atoms with Gasteiger partial charge in [0.1, 0.15) is 0 Å². The van der Waals surface area contributed by atoms with Gasteiger partial charge in [0.2, 0.25) is 0 Å². The Morgan fingerprint density at radius 3 is 2.44 bits per heavy atom. The van der Waals surface area contributed by atoms with Crippen molar-refractivity contribution in [2.24, 2.45) is 5.92 Å². The molecule has 0 aromatic carbocycles. The van der Waals surface area contributed by atoms with Crippen molar-refractivity contribution in [3.8, 4) is 0 Å². The normalized spacial score (nSPS) is 19.2. The number of carboxylic acid groups (broad SMARTS) is 1. The summed E-state index contributed by atoms with van der Waals surface area (Å²) in [6.07, 6.45) is 5.98. The molecule has 4 N–H and O–H groups in total. The Bertz CT molecular complexity index is 298. The average Bonchev–Trinajstić information content (AvgIpc) is 2.79. The lowest BCUT2D eigenvalue weighted by Crippen LogP contribution is -2.49. The zero-order valence-electron chi connectivity index (χ0n) is 10.7. The second-order valence-corrected chi connectivity index (χ2v) is 5.13. The average molecular weight is 258 g/mol. The molecule has 104 valence electrons. The first-order chi connectivity index (χ1) is 8.42. The van der Waals surface area contributed by atoms with Crippen LogP contribution in [0.2, 0.25) is 0 Å². The van der Waals surface area contributed by atoms with Gasteiger partial charge in [0.05, 0.1) is 6.54 Å². The zero-order chi connectivity index (χ0) is 13.6. The predicted molar refractivity (Wildman–Crippen MR) is 66.2 cm³/mol. The van der Waals surface area contributed by atoms with Gasteiger partial charge in [0.25, 0.3) is 0 Å². The van der Waals surface area contributed by atoms with Gasteiger partial charge in [-0.3, -0.25) is 0 Å². The monoisotopic (exact) mass is 258 g/mol. The topological polar surface area (TPSA) is 98.7 Å². The first kappa shape index (κ1) is 14.8. The van der Waals surface area contributed by atoms with Gasteiger partial charge in [-0.2, -0.15) is 0 Å². The summed E-state index contributed by atoms with van der Waals surface area (Å²) in [5, 5.41) is 23.1. The first-order valence-corrected chi connectivity index (χ1v) is 6.39. The van der Waals surface area contributed by atoms with E-state index in [1.165, 1.54) is 25.7 Å². The molecule has 0 heterocycles. The second kappa shape index (κ2) is 6.58. The van der Waals surface area contributed by atoms with Gasteiger partial charge in [-0.15, -0.1) is 0 Å². The maximum Gasteiger partial charge on any atom is 0.337 e. The summed E-state index contributed by atoms with van der Waals surface area (Å²) >= 11 is 0. The van der Waals surface area contributed by atoms with Crippen molar-refractivity contribution in [1.29, 1.82) is 0 Å². The number of amides is 2. The molecular formula is C12H22N2O4. The van der Waals surface area contributed by atoms with E-state index in [-0.39, 0.29) is 6.54 Å². The minimum Gasteiger partial charge on any atom is -0.479 e. The number of carbonyl (C=O) groups is 2. The molecule has 2 amide bonds. The van der Waals surface area contributed by atoms with E-state index >= 15 is 0 Å². The SMILES string of the molecule is CC(O)(CNC(=O)NCCC1CCCC1)C(=O)O. The summed E-state index contributed by atoms with van der Waals surface area (Å²) in [5.41, 5.74) is -1.93. The third-order valence-corrected chi connectivity index (χ3v) is 3.37. The van der Waals surface area contributed by atoms with Crippen LogP contribution in [0.3, 0.4) is 0 Å². The van der Waals surface area contributed by atoms with Crippen molar-refractivity contribution in [3.05, 3.63) is 0 Å². The highest BCUT2D eigenvalue weighted by atomic mass is 16.4. The zero-order valence-corrected chi connectivity index (χ0v) is 10.7. The quantitative estimate of drug-likeness (QED) is 0.563. The van der Waals surface area contributed by atoms with Gasteiger partial charge in [-0.1, -0.05) is 25.7 Å². The molecule has 0 saturated heterocycles. The fraction of sp³-hybridized carbons (Fsp3) is 0.833. The maximum atomic E-state index is 11.4. The van der Waals surface area contributed by atoms with E-state index in [1.54, 1.807) is 0 Å². The van der Waals surface area contributed by atoms with E-state index in [0.717, 1.165) is 13.3 Å². The van der Waals surface area contributed by atoms with E-state index in [0.29, 0.717) is 12.5 Å². The van der Waals surface area contributed by atoms with Crippen LogP contribution in [0.5, 0.6) is 0 Å². The third-order valence-electron chi connectivity index (χ3n) is 3.37. The van der Waals surface area contributed by atoms with Crippen LogP contribution in [-0.4, -0.2) is 40.9 Å². The molecule has 1 aliphatic carbocycles. The van der Waals surface area contributed by atoms with Crippen LogP contribution in [0, 0.1) is 5.92 Å². The van der Waals surface area contributed by atoms with E-state index in [1.807, 2.05) is 0 Å². The van der Waals surface area contributed by atoms with E-state index < -0.39 is 17.6 Å². The number of hydrogen-bond donors (Lipinski definition) is 4. The van der Waals surface area contributed by atoms with Crippen molar-refractivity contribution in [1.82, 2.24) is 10.6 Å². The minimum atomic E-state index is -1.93. The van der Waals surface area contributed by atoms with Crippen molar-refractivity contribution >= 4 is 12.0 Å². The lowest BCUT2D eigenvalue weighted by Gasteiger charge is -2.18. The molecule has 0 radical (unpaired) electrons. The summed E-state index contributed by atoms with van der Waals surface area (Å²) in [5.74, 6) is -0.652. The molecule has 1 fully saturated rings. The standard InChI is InChI=1S/C12H22N2O4/c1-12(18,10(15)16)8-14-11(17)13-7-6-9-4-2-3-5-9/h9,18H,2-8H2,1H3,(H,15,16)(H2,13,14,17). The Balaban J connectivity index is 2.11. The van der Waals surface area contributed by atoms with Crippen molar-refractivity contribution < 1.29 is 19.8 Å². The molecule has 6 heteroatoms. The van der Waals surface area contributed by atoms with Gasteiger partial charge in [0, 0.05) is 6.54 Å². The molecule has 6 nitrogen and oxygen atoms in total. The summed E-state index contributed by atoms with van der Waals surface area (Å²) < 4.78 is 0. The summed E-state index contributed by atoms with van der Waals surface area (Å²) in [6.45, 7) is 1.43. The highest BCUT2D eigenvalue weighted by Gasteiger charge is 2.30. The van der Waals surface area contributed by atoms with Crippen LogP contribution in [0.15, 0.2) is 0 Å². The van der Waals surface area contributed by atoms with Crippen LogP contribution in [0.25, 0.3) is 0 Å². The maximum absolute atomic E-state index is 11.4. The number of rotatable bonds is 6. The molecule has 1 rings (SSSR count). The lowest BCUT2D eigenvalue weighted by atomic mass is 10.0. The smallest absolute Gasteiger partial charge is 0.337 e. The first-order valence-electron chi connectivity index (χ1n) is 6.39. The Morgan fingerprint density at radius 2 is 1.89 bits per heavy atom. The van der Waals surface area contributed by atoms with Gasteiger partial charge >= 0.3 is 12.0 Å². The highest BCUT2D eigenvalue weighted by Crippen LogP contribution is 2.26. The second-order valence-electron chi connectivity index (χ2n) is 5.13. The van der Waals surface area contributed by atoms with Crippen LogP contribution in [0.4, 0.5) is 4.79 Å². The van der Waals surface area contributed by atoms with E-state index in [2.05, 4.69) is 10.6 Å². The van der Waals surface area contributed by atoms with Crippen molar-refractivity contribution in [2.45, 2.75) is 44.6 Å². The molecule has 0 spiro atoms. The van der Waals surface area contributed by atoms with Crippen molar-refractivity contribution in [2.75, 3.05) is 13.1 Å². The number of hydrogen-bond acceptors (Lipinski definition) is 3. The van der Waals surface area contributed by atoms with Crippen LogP contribution >= 0.6 is 0 Å². The molecule has 1 aliphatic rings. The number of carboxylic acids is 1. The Morgan fingerprint density at radius 1 is 1.28 bits per heavy atom. The van der Waals surface area contributed by atoms with Gasteiger partial charge < -0.3 is 20.8 Å². The molecule has 1 saturated carbocycles. The van der Waals surface area contributed by atoms with Gasteiger partial charge in [0.15, 0.2) is 5.60 Å². The molecule has 1 atom stereocenters. The number of nitrogens with one attached hydrogen (secondary N) is 2. The fourth-order valence-corrected chi connectivity index (χ4v) is 2.08. The van der Waals surface area contributed by atoms with Crippen LogP contribution in [0.1, 0.15) is 39.0 Å². The molecule has 0 aromatic heterocycles. The number of carbonyl (C=O) groups excluding carboxylic acids is 1. The number of urea groups is 1. The summed E-state index contributed by atoms with van der Waals surface area (Å²) in [6, 6.07) is -0.436. The summed E-state index contributed by atoms with van der Waals surface area (Å²) in [7, 11) is 0. The molecule has 18 heavy (non-hydrogen) atoms. The number of aliphatic carboxylic acids is 1. The molecular weight excluding hydrogens is 236 g/mol. The Hall–Kier alpha value is -1.30. The molecule has 0 bridgehead atoms. The minimum absolute atomic E-state index is 0.308. The Labute approximate surface area is 107 Å². The van der Waals surface area contributed by atoms with Crippen LogP contribution < -0.4 is 10.6 Å². The van der Waals surface area contributed by atoms with E-state index in [9.17, 15) is 14.7 Å². The van der Waals surface area contributed by atoms with Gasteiger partial charge in [-0.25, -0.2) is 9.59 Å². The molecule has 1 unspecified atom stereocenters. The third kappa shape index (κ3) is 4.91.